The third-order valence-corrected chi connectivity index (χ3v) is 4.80. The summed E-state index contributed by atoms with van der Waals surface area (Å²) in [4.78, 5) is 14.0. The number of fused-ring (bicyclic) bond motifs is 1. The van der Waals surface area contributed by atoms with Crippen LogP contribution in [0, 0.1) is 0 Å². The quantitative estimate of drug-likeness (QED) is 0.757. The van der Waals surface area contributed by atoms with Gasteiger partial charge in [0.2, 0.25) is 8.32 Å². The van der Waals surface area contributed by atoms with Crippen LogP contribution >= 0.6 is 11.8 Å². The second-order valence-electron chi connectivity index (χ2n) is 5.12. The van der Waals surface area contributed by atoms with Crippen molar-refractivity contribution in [2.75, 3.05) is 6.54 Å². The molecule has 1 saturated heterocycles. The third-order valence-electron chi connectivity index (χ3n) is 2.56. The average molecular weight is 258 g/mol. The zero-order valence-corrected chi connectivity index (χ0v) is 11.7. The van der Waals surface area contributed by atoms with E-state index in [1.165, 1.54) is 0 Å². The maximum atomic E-state index is 11.9. The fourth-order valence-electron chi connectivity index (χ4n) is 1.74. The van der Waals surface area contributed by atoms with Crippen LogP contribution in [0.1, 0.15) is 6.42 Å². The molecule has 0 bridgehead atoms. The molecule has 0 spiro atoms. The van der Waals surface area contributed by atoms with Crippen molar-refractivity contribution in [3.8, 4) is 0 Å². The Hall–Kier alpha value is -0.623. The number of rotatable bonds is 2. The second-order valence-corrected chi connectivity index (χ2v) is 10.9. The summed E-state index contributed by atoms with van der Waals surface area (Å²) in [7, 11) is -1.79. The molecule has 16 heavy (non-hydrogen) atoms. The monoisotopic (exact) mass is 258 g/mol. The van der Waals surface area contributed by atoms with Gasteiger partial charge in [0.25, 0.3) is 0 Å². The first-order valence-corrected chi connectivity index (χ1v) is 9.84. The molecule has 6 heteroatoms. The molecule has 2 atom stereocenters. The van der Waals surface area contributed by atoms with Crippen molar-refractivity contribution in [2.24, 2.45) is 5.73 Å². The van der Waals surface area contributed by atoms with Crippen LogP contribution < -0.4 is 5.73 Å². The molecule has 0 aromatic heterocycles. The number of carbonyl (C=O) groups is 1. The third kappa shape index (κ3) is 2.37. The number of nitrogens with zero attached hydrogens (tertiary/aromatic N) is 1. The predicted octanol–water partition coefficient (Wildman–Crippen LogP) is 1.31. The van der Waals surface area contributed by atoms with E-state index in [4.69, 9.17) is 10.2 Å². The molecule has 0 aromatic rings. The number of thioether (sulfide) groups is 1. The molecule has 0 amide bonds. The van der Waals surface area contributed by atoms with Gasteiger partial charge < -0.3 is 15.1 Å². The van der Waals surface area contributed by atoms with Gasteiger partial charge in [0, 0.05) is 6.54 Å². The van der Waals surface area contributed by atoms with Crippen molar-refractivity contribution in [3.05, 3.63) is 11.9 Å². The maximum Gasteiger partial charge on any atom is 0.309 e. The first-order chi connectivity index (χ1) is 7.37. The normalized spacial score (nSPS) is 28.9. The summed E-state index contributed by atoms with van der Waals surface area (Å²) in [6.07, 6.45) is 2.93. The van der Waals surface area contributed by atoms with E-state index in [0.717, 1.165) is 18.8 Å². The molecular weight excluding hydrogens is 240 g/mol. The lowest BCUT2D eigenvalue weighted by molar-refractivity contribution is -0.133. The van der Waals surface area contributed by atoms with Gasteiger partial charge in [-0.15, -0.1) is 11.8 Å². The highest BCUT2D eigenvalue weighted by atomic mass is 32.2. The molecule has 0 aliphatic carbocycles. The molecule has 0 aromatic carbocycles. The molecule has 2 aliphatic heterocycles. The Labute approximate surface area is 101 Å². The van der Waals surface area contributed by atoms with Gasteiger partial charge >= 0.3 is 5.97 Å². The minimum Gasteiger partial charge on any atom is -0.519 e. The summed E-state index contributed by atoms with van der Waals surface area (Å²) >= 11 is 1.65. The average Bonchev–Trinajstić information content (AvgIpc) is 2.04. The van der Waals surface area contributed by atoms with Gasteiger partial charge in [-0.2, -0.15) is 0 Å². The topological polar surface area (TPSA) is 55.6 Å². The number of hydrogen-bond donors (Lipinski definition) is 1. The Morgan fingerprint density at radius 3 is 2.75 bits per heavy atom. The van der Waals surface area contributed by atoms with Crippen LogP contribution in [0.5, 0.6) is 0 Å². The Kier molecular flexibility index (Phi) is 2.96. The second kappa shape index (κ2) is 3.99. The largest absolute Gasteiger partial charge is 0.519 e. The summed E-state index contributed by atoms with van der Waals surface area (Å²) in [5, 5.41) is 0.164. The lowest BCUT2D eigenvalue weighted by atomic mass is 10.2. The van der Waals surface area contributed by atoms with E-state index in [1.54, 1.807) is 11.8 Å². The first-order valence-electron chi connectivity index (χ1n) is 5.49. The van der Waals surface area contributed by atoms with Gasteiger partial charge in [0.15, 0.2) is 0 Å². The van der Waals surface area contributed by atoms with Gasteiger partial charge in [-0.05, 0) is 32.1 Å². The zero-order chi connectivity index (χ0) is 11.9. The standard InChI is InChI=1S/C10H18N2O2SSi/c1-16(2,3)14-10(13)7-6-8(11)12-5-4-9(12)15-7/h6-7,9H,4-5,11H2,1-3H3. The molecule has 2 N–H and O–H groups in total. The minimum atomic E-state index is -1.79. The summed E-state index contributed by atoms with van der Waals surface area (Å²) in [5.74, 6) is 0.603. The molecule has 1 fully saturated rings. The van der Waals surface area contributed by atoms with E-state index in [9.17, 15) is 4.79 Å². The van der Waals surface area contributed by atoms with Crippen molar-refractivity contribution in [1.82, 2.24) is 4.90 Å². The van der Waals surface area contributed by atoms with Gasteiger partial charge in [0.1, 0.15) is 5.25 Å². The molecule has 4 nitrogen and oxygen atoms in total. The fraction of sp³-hybridized carbons (Fsp3) is 0.700. The van der Waals surface area contributed by atoms with Crippen LogP contribution in [0.25, 0.3) is 0 Å². The van der Waals surface area contributed by atoms with Crippen molar-refractivity contribution in [1.29, 1.82) is 0 Å². The maximum absolute atomic E-state index is 11.9. The van der Waals surface area contributed by atoms with Crippen LogP contribution in [-0.2, 0) is 9.22 Å². The highest BCUT2D eigenvalue weighted by Gasteiger charge is 2.39. The van der Waals surface area contributed by atoms with Crippen LogP contribution in [-0.4, -0.2) is 36.4 Å². The van der Waals surface area contributed by atoms with Crippen molar-refractivity contribution in [2.45, 2.75) is 36.7 Å². The van der Waals surface area contributed by atoms with Crippen LogP contribution in [0.15, 0.2) is 11.9 Å². The van der Waals surface area contributed by atoms with E-state index < -0.39 is 8.32 Å². The highest BCUT2D eigenvalue weighted by Crippen LogP contribution is 2.38. The first kappa shape index (κ1) is 11.9. The molecular formula is C10H18N2O2SSi. The Morgan fingerprint density at radius 2 is 2.31 bits per heavy atom. The smallest absolute Gasteiger partial charge is 0.309 e. The van der Waals surface area contributed by atoms with Gasteiger partial charge in [-0.25, -0.2) is 0 Å². The zero-order valence-electron chi connectivity index (χ0n) is 9.90. The number of hydrogen-bond acceptors (Lipinski definition) is 5. The van der Waals surface area contributed by atoms with E-state index in [0.29, 0.717) is 5.37 Å². The number of nitrogens with two attached hydrogens (primary N) is 1. The van der Waals surface area contributed by atoms with E-state index in [2.05, 4.69) is 4.90 Å². The fourth-order valence-corrected chi connectivity index (χ4v) is 3.89. The lowest BCUT2D eigenvalue weighted by Crippen LogP contribution is -2.51. The Morgan fingerprint density at radius 1 is 1.62 bits per heavy atom. The van der Waals surface area contributed by atoms with E-state index >= 15 is 0 Å². The summed E-state index contributed by atoms with van der Waals surface area (Å²) in [6, 6.07) is 0. The summed E-state index contributed by atoms with van der Waals surface area (Å²) in [5.41, 5.74) is 5.89. The van der Waals surface area contributed by atoms with Crippen molar-refractivity contribution >= 4 is 26.0 Å². The molecule has 2 unspecified atom stereocenters. The molecule has 2 rings (SSSR count). The van der Waals surface area contributed by atoms with Gasteiger partial charge in [-0.1, -0.05) is 0 Å². The van der Waals surface area contributed by atoms with Crippen molar-refractivity contribution < 1.29 is 9.22 Å². The minimum absolute atomic E-state index is 0.126. The predicted molar refractivity (Wildman–Crippen MR) is 68.2 cm³/mol. The van der Waals surface area contributed by atoms with Crippen molar-refractivity contribution in [3.63, 3.8) is 0 Å². The molecule has 2 heterocycles. The number of carbonyl (C=O) groups excluding carboxylic acids is 1. The Balaban J connectivity index is 2.02. The van der Waals surface area contributed by atoms with Crippen LogP contribution in [0.3, 0.4) is 0 Å². The SMILES string of the molecule is C[Si](C)(C)OC(=O)C1C=C(N)N2CCC2S1. The molecule has 0 saturated carbocycles. The molecule has 90 valence electrons. The van der Waals surface area contributed by atoms with E-state index in [1.807, 2.05) is 25.7 Å². The molecule has 2 aliphatic rings. The lowest BCUT2D eigenvalue weighted by Gasteiger charge is -2.46. The van der Waals surface area contributed by atoms with Gasteiger partial charge in [0.05, 0.1) is 11.2 Å². The summed E-state index contributed by atoms with van der Waals surface area (Å²) < 4.78 is 5.49. The Bertz CT molecular complexity index is 340. The van der Waals surface area contributed by atoms with E-state index in [-0.39, 0.29) is 11.2 Å². The van der Waals surface area contributed by atoms with Crippen LogP contribution in [0.2, 0.25) is 19.6 Å². The van der Waals surface area contributed by atoms with Crippen LogP contribution in [0.4, 0.5) is 0 Å². The molecule has 0 radical (unpaired) electrons. The highest BCUT2D eigenvalue weighted by molar-refractivity contribution is 8.01. The van der Waals surface area contributed by atoms with Gasteiger partial charge in [-0.3, -0.25) is 4.79 Å². The summed E-state index contributed by atoms with van der Waals surface area (Å²) in [6.45, 7) is 7.05.